The van der Waals surface area contributed by atoms with Crippen molar-refractivity contribution in [3.05, 3.63) is 179 Å². The van der Waals surface area contributed by atoms with Crippen LogP contribution in [0, 0.1) is 35.5 Å². The molecular weight excluding hydrogens is 577 g/mol. The maximum absolute atomic E-state index is 2.41. The Labute approximate surface area is 290 Å². The predicted molar refractivity (Wildman–Crippen MR) is 207 cm³/mol. The minimum absolute atomic E-state index is 0.558. The standard InChI is InChI=1S/C48H54/c1-2-14-37(13-1)25-31-43-44(32-26-38-15-3-4-16-38)46(34-28-40-19-7-8-20-40)48(36-30-42-23-11-12-24-42)47(35-29-41-21-9-10-22-41)45(43)33-27-39-17-5-6-18-39/h1-24,37-42H,25-36H2. The Balaban J connectivity index is 1.34. The molecule has 0 unspecified atom stereocenters. The molecule has 0 N–H and O–H groups in total. The fraction of sp³-hybridized carbons (Fsp3) is 0.375. The number of benzene rings is 1. The Morgan fingerprint density at radius 1 is 0.208 bits per heavy atom. The fourth-order valence-electron chi connectivity index (χ4n) is 8.79. The van der Waals surface area contributed by atoms with Crippen molar-refractivity contribution in [3.63, 3.8) is 0 Å². The van der Waals surface area contributed by atoms with Gasteiger partial charge < -0.3 is 0 Å². The third-order valence-corrected chi connectivity index (χ3v) is 11.5. The molecule has 0 heterocycles. The van der Waals surface area contributed by atoms with Gasteiger partial charge in [0.25, 0.3) is 0 Å². The highest BCUT2D eigenvalue weighted by Gasteiger charge is 2.26. The van der Waals surface area contributed by atoms with Crippen LogP contribution in [-0.2, 0) is 38.5 Å². The zero-order valence-electron chi connectivity index (χ0n) is 28.8. The number of hydrogen-bond acceptors (Lipinski definition) is 0. The molecule has 0 aliphatic heterocycles. The van der Waals surface area contributed by atoms with Crippen LogP contribution in [0.4, 0.5) is 0 Å². The molecule has 6 aliphatic rings. The molecule has 0 radical (unpaired) electrons. The van der Waals surface area contributed by atoms with Crippen molar-refractivity contribution >= 4 is 0 Å². The molecule has 0 nitrogen and oxygen atoms in total. The molecule has 0 fully saturated rings. The number of rotatable bonds is 18. The minimum atomic E-state index is 0.558. The van der Waals surface area contributed by atoms with Crippen molar-refractivity contribution in [2.45, 2.75) is 77.0 Å². The van der Waals surface area contributed by atoms with E-state index in [1.165, 1.54) is 77.0 Å². The van der Waals surface area contributed by atoms with Crippen molar-refractivity contribution in [3.8, 4) is 0 Å². The van der Waals surface area contributed by atoms with Crippen LogP contribution >= 0.6 is 0 Å². The third kappa shape index (κ3) is 8.38. The van der Waals surface area contributed by atoms with E-state index in [0.717, 1.165) is 0 Å². The van der Waals surface area contributed by atoms with Crippen LogP contribution < -0.4 is 0 Å². The van der Waals surface area contributed by atoms with Crippen molar-refractivity contribution in [2.75, 3.05) is 0 Å². The van der Waals surface area contributed by atoms with Gasteiger partial charge in [-0.25, -0.2) is 0 Å². The molecule has 0 aromatic heterocycles. The summed E-state index contributed by atoms with van der Waals surface area (Å²) in [6.45, 7) is 0. The van der Waals surface area contributed by atoms with E-state index in [0.29, 0.717) is 35.5 Å². The first-order chi connectivity index (χ1) is 23.8. The van der Waals surface area contributed by atoms with Crippen LogP contribution in [0.15, 0.2) is 146 Å². The van der Waals surface area contributed by atoms with Gasteiger partial charge in [-0.05, 0) is 146 Å². The molecular formula is C48H54. The lowest BCUT2D eigenvalue weighted by Crippen LogP contribution is -2.18. The number of hydrogen-bond donors (Lipinski definition) is 0. The van der Waals surface area contributed by atoms with Gasteiger partial charge in [0, 0.05) is 0 Å². The van der Waals surface area contributed by atoms with Crippen LogP contribution in [0.3, 0.4) is 0 Å². The average molecular weight is 631 g/mol. The largest absolute Gasteiger partial charge is 0.0776 e. The summed E-state index contributed by atoms with van der Waals surface area (Å²) in [6.07, 6.45) is 70.3. The second kappa shape index (κ2) is 16.5. The summed E-state index contributed by atoms with van der Waals surface area (Å²) in [5.41, 5.74) is 10.4. The monoisotopic (exact) mass is 630 g/mol. The molecule has 7 rings (SSSR count). The second-order valence-corrected chi connectivity index (χ2v) is 14.7. The van der Waals surface area contributed by atoms with Crippen molar-refractivity contribution in [1.29, 1.82) is 0 Å². The summed E-state index contributed by atoms with van der Waals surface area (Å²) in [4.78, 5) is 0. The van der Waals surface area contributed by atoms with Crippen molar-refractivity contribution in [2.24, 2.45) is 35.5 Å². The van der Waals surface area contributed by atoms with Gasteiger partial charge in [-0.2, -0.15) is 0 Å². The summed E-state index contributed by atoms with van der Waals surface area (Å²) in [5, 5.41) is 0. The predicted octanol–water partition coefficient (Wildman–Crippen LogP) is 11.7. The van der Waals surface area contributed by atoms with E-state index in [9.17, 15) is 0 Å². The topological polar surface area (TPSA) is 0 Å². The molecule has 0 heteroatoms. The van der Waals surface area contributed by atoms with Crippen LogP contribution in [0.2, 0.25) is 0 Å². The fourth-order valence-corrected chi connectivity index (χ4v) is 8.79. The Morgan fingerprint density at radius 3 is 0.458 bits per heavy atom. The average Bonchev–Trinajstić information content (AvgIpc) is 3.96. The van der Waals surface area contributed by atoms with E-state index in [1.54, 1.807) is 33.4 Å². The SMILES string of the molecule is C1=CC(CCc2c(CCC3C=CC=C3)c(CCC3C=CC=C3)c(CCC3C=CC=C3)c(CCC3C=CC=C3)c2CCC2C=CC=C2)C=C1. The molecule has 0 spiro atoms. The lowest BCUT2D eigenvalue weighted by atomic mass is 9.75. The van der Waals surface area contributed by atoms with Gasteiger partial charge in [-0.1, -0.05) is 146 Å². The highest BCUT2D eigenvalue weighted by atomic mass is 14.3. The van der Waals surface area contributed by atoms with E-state index in [4.69, 9.17) is 0 Å². The smallest absolute Gasteiger partial charge is 0.00441 e. The molecule has 0 saturated carbocycles. The van der Waals surface area contributed by atoms with Gasteiger partial charge in [0.15, 0.2) is 0 Å². The first-order valence-corrected chi connectivity index (χ1v) is 19.1. The third-order valence-electron chi connectivity index (χ3n) is 11.5. The highest BCUT2D eigenvalue weighted by Crippen LogP contribution is 2.39. The molecule has 0 atom stereocenters. The summed E-state index contributed by atoms with van der Waals surface area (Å²) >= 11 is 0. The van der Waals surface area contributed by atoms with E-state index in [-0.39, 0.29) is 0 Å². The second-order valence-electron chi connectivity index (χ2n) is 14.7. The maximum atomic E-state index is 2.41. The van der Waals surface area contributed by atoms with Crippen LogP contribution in [-0.4, -0.2) is 0 Å². The summed E-state index contributed by atoms with van der Waals surface area (Å²) < 4.78 is 0. The molecule has 0 bridgehead atoms. The molecule has 246 valence electrons. The lowest BCUT2D eigenvalue weighted by molar-refractivity contribution is 0.630. The molecule has 0 saturated heterocycles. The summed E-state index contributed by atoms with van der Waals surface area (Å²) in [5.74, 6) is 3.35. The Bertz CT molecular complexity index is 1240. The molecule has 1 aromatic carbocycles. The van der Waals surface area contributed by atoms with Gasteiger partial charge in [0.1, 0.15) is 0 Å². The molecule has 48 heavy (non-hydrogen) atoms. The van der Waals surface area contributed by atoms with Crippen molar-refractivity contribution < 1.29 is 0 Å². The normalized spacial score (nSPS) is 20.0. The van der Waals surface area contributed by atoms with Gasteiger partial charge in [0.2, 0.25) is 0 Å². The van der Waals surface area contributed by atoms with Gasteiger partial charge in [-0.15, -0.1) is 0 Å². The zero-order valence-corrected chi connectivity index (χ0v) is 28.8. The van der Waals surface area contributed by atoms with Crippen molar-refractivity contribution in [1.82, 2.24) is 0 Å². The van der Waals surface area contributed by atoms with E-state index in [2.05, 4.69) is 146 Å². The Morgan fingerprint density at radius 2 is 0.333 bits per heavy atom. The first kappa shape index (κ1) is 32.6. The maximum Gasteiger partial charge on any atom is -0.00441 e. The van der Waals surface area contributed by atoms with Gasteiger partial charge >= 0.3 is 0 Å². The zero-order chi connectivity index (χ0) is 32.4. The highest BCUT2D eigenvalue weighted by molar-refractivity contribution is 5.54. The molecule has 6 aliphatic carbocycles. The molecule has 0 amide bonds. The quantitative estimate of drug-likeness (QED) is 0.151. The lowest BCUT2D eigenvalue weighted by Gasteiger charge is -2.30. The van der Waals surface area contributed by atoms with Crippen LogP contribution in [0.1, 0.15) is 71.9 Å². The molecule has 1 aromatic rings. The Kier molecular flexibility index (Phi) is 11.2. The van der Waals surface area contributed by atoms with E-state index < -0.39 is 0 Å². The van der Waals surface area contributed by atoms with Crippen LogP contribution in [0.5, 0.6) is 0 Å². The summed E-state index contributed by atoms with van der Waals surface area (Å²) in [6, 6.07) is 0. The van der Waals surface area contributed by atoms with Crippen LogP contribution in [0.25, 0.3) is 0 Å². The van der Waals surface area contributed by atoms with E-state index >= 15 is 0 Å². The number of allylic oxidation sites excluding steroid dienone is 24. The van der Waals surface area contributed by atoms with Gasteiger partial charge in [-0.3, -0.25) is 0 Å². The summed E-state index contributed by atoms with van der Waals surface area (Å²) in [7, 11) is 0. The van der Waals surface area contributed by atoms with Gasteiger partial charge in [0.05, 0.1) is 0 Å². The first-order valence-electron chi connectivity index (χ1n) is 19.1. The minimum Gasteiger partial charge on any atom is -0.0776 e. The van der Waals surface area contributed by atoms with E-state index in [1.807, 2.05) is 0 Å². The Hall–Kier alpha value is -3.90.